The minimum atomic E-state index is -0.978. The van der Waals surface area contributed by atoms with E-state index in [4.69, 9.17) is 14.9 Å². The number of unbranched alkanes of at least 4 members (excludes halogenated alkanes) is 4. The number of carbonyl (C=O) groups is 4. The second-order valence-corrected chi connectivity index (χ2v) is 9.22. The quantitative estimate of drug-likeness (QED) is 0.272. The van der Waals surface area contributed by atoms with Crippen LogP contribution < -0.4 is 21.4 Å². The number of amides is 3. The van der Waals surface area contributed by atoms with E-state index in [1.54, 1.807) is 19.1 Å². The number of hydrogen-bond donors (Lipinski definition) is 2. The van der Waals surface area contributed by atoms with Gasteiger partial charge in [-0.15, -0.1) is 0 Å². The fourth-order valence-corrected chi connectivity index (χ4v) is 3.91. The summed E-state index contributed by atoms with van der Waals surface area (Å²) in [6.45, 7) is 4.11. The Labute approximate surface area is 216 Å². The van der Waals surface area contributed by atoms with E-state index in [2.05, 4.69) is 12.2 Å². The standard InChI is InChI=1S/C27H37N3O7/c1-4-5-6-7-8-11-25(33)29-21(17-24(28)32)22(31)10-9-14-30(3)27(35)36-19-12-13-20-18(2)15-26(34)37-23(20)16-19/h12-13,15-16,21H,4-11,14,17H2,1-3H3,(H2,28,32)(H,29,33)/t21-/m1/s1. The zero-order valence-electron chi connectivity index (χ0n) is 21.8. The molecule has 10 heteroatoms. The third-order valence-electron chi connectivity index (χ3n) is 5.99. The highest BCUT2D eigenvalue weighted by molar-refractivity contribution is 5.92. The molecule has 37 heavy (non-hydrogen) atoms. The van der Waals surface area contributed by atoms with Crippen LogP contribution in [-0.4, -0.2) is 48.2 Å². The van der Waals surface area contributed by atoms with E-state index in [0.717, 1.165) is 43.1 Å². The first-order valence-corrected chi connectivity index (χ1v) is 12.7. The number of primary amides is 1. The van der Waals surface area contributed by atoms with E-state index in [0.29, 0.717) is 18.4 Å². The fourth-order valence-electron chi connectivity index (χ4n) is 3.91. The van der Waals surface area contributed by atoms with Crippen LogP contribution in [-0.2, 0) is 14.4 Å². The molecule has 0 radical (unpaired) electrons. The number of Topliss-reactive ketones (excluding diaryl/α,β-unsaturated/α-hetero) is 1. The first kappa shape index (κ1) is 29.5. The van der Waals surface area contributed by atoms with Crippen molar-refractivity contribution in [3.8, 4) is 5.75 Å². The van der Waals surface area contributed by atoms with Crippen LogP contribution in [0, 0.1) is 6.92 Å². The Morgan fingerprint density at radius 2 is 1.78 bits per heavy atom. The Morgan fingerprint density at radius 1 is 1.05 bits per heavy atom. The minimum absolute atomic E-state index is 0.0484. The Morgan fingerprint density at radius 3 is 2.49 bits per heavy atom. The number of carbonyl (C=O) groups excluding carboxylic acids is 4. The molecule has 0 unspecified atom stereocenters. The zero-order valence-corrected chi connectivity index (χ0v) is 21.8. The number of hydrogen-bond acceptors (Lipinski definition) is 7. The van der Waals surface area contributed by atoms with Gasteiger partial charge in [-0.05, 0) is 37.5 Å². The number of ether oxygens (including phenoxy) is 1. The summed E-state index contributed by atoms with van der Waals surface area (Å²) in [6, 6.07) is 5.18. The van der Waals surface area contributed by atoms with Gasteiger partial charge in [-0.1, -0.05) is 32.6 Å². The second-order valence-electron chi connectivity index (χ2n) is 9.22. The molecule has 1 heterocycles. The van der Waals surface area contributed by atoms with Gasteiger partial charge in [0.05, 0.1) is 12.5 Å². The van der Waals surface area contributed by atoms with Gasteiger partial charge < -0.3 is 25.1 Å². The molecule has 1 aromatic carbocycles. The lowest BCUT2D eigenvalue weighted by molar-refractivity contribution is -0.130. The number of benzene rings is 1. The third kappa shape index (κ3) is 10.1. The molecule has 0 spiro atoms. The summed E-state index contributed by atoms with van der Waals surface area (Å²) in [7, 11) is 1.53. The molecule has 1 atom stereocenters. The van der Waals surface area contributed by atoms with Crippen molar-refractivity contribution in [1.29, 1.82) is 0 Å². The lowest BCUT2D eigenvalue weighted by Crippen LogP contribution is -2.43. The normalized spacial score (nSPS) is 11.6. The van der Waals surface area contributed by atoms with Gasteiger partial charge in [0.25, 0.3) is 0 Å². The van der Waals surface area contributed by atoms with Crippen molar-refractivity contribution in [3.05, 3.63) is 40.2 Å². The Hall–Kier alpha value is -3.69. The fraction of sp³-hybridized carbons (Fsp3) is 0.519. The predicted molar refractivity (Wildman–Crippen MR) is 139 cm³/mol. The van der Waals surface area contributed by atoms with Crippen molar-refractivity contribution in [2.24, 2.45) is 5.73 Å². The molecule has 1 aromatic heterocycles. The summed E-state index contributed by atoms with van der Waals surface area (Å²) in [5.74, 6) is -1.06. The van der Waals surface area contributed by atoms with Gasteiger partial charge >= 0.3 is 11.7 Å². The maximum atomic E-state index is 12.7. The SMILES string of the molecule is CCCCCCCC(=O)N[C@H](CC(N)=O)C(=O)CCCN(C)C(=O)Oc1ccc2c(C)cc(=O)oc2c1. The summed E-state index contributed by atoms with van der Waals surface area (Å²) < 4.78 is 10.5. The van der Waals surface area contributed by atoms with Crippen LogP contribution in [0.1, 0.15) is 70.3 Å². The first-order chi connectivity index (χ1) is 17.6. The lowest BCUT2D eigenvalue weighted by atomic mass is 10.0. The van der Waals surface area contributed by atoms with Crippen LogP contribution in [0.2, 0.25) is 0 Å². The van der Waals surface area contributed by atoms with Crippen LogP contribution in [0.3, 0.4) is 0 Å². The molecule has 202 valence electrons. The number of nitrogens with two attached hydrogens (primary N) is 1. The van der Waals surface area contributed by atoms with Gasteiger partial charge in [0.15, 0.2) is 5.78 Å². The topological polar surface area (TPSA) is 149 Å². The number of rotatable bonds is 15. The maximum absolute atomic E-state index is 12.7. The summed E-state index contributed by atoms with van der Waals surface area (Å²) in [4.78, 5) is 61.7. The van der Waals surface area contributed by atoms with Crippen LogP contribution in [0.4, 0.5) is 4.79 Å². The largest absolute Gasteiger partial charge is 0.423 e. The molecule has 3 N–H and O–H groups in total. The van der Waals surface area contributed by atoms with E-state index < -0.39 is 23.7 Å². The number of ketones is 1. The lowest BCUT2D eigenvalue weighted by Gasteiger charge is -2.19. The van der Waals surface area contributed by atoms with E-state index in [-0.39, 0.29) is 36.8 Å². The van der Waals surface area contributed by atoms with Crippen LogP contribution in [0.15, 0.2) is 33.5 Å². The monoisotopic (exact) mass is 515 g/mol. The molecule has 0 aliphatic carbocycles. The van der Waals surface area contributed by atoms with Gasteiger partial charge in [0.2, 0.25) is 11.8 Å². The van der Waals surface area contributed by atoms with Crippen LogP contribution >= 0.6 is 0 Å². The molecule has 0 bridgehead atoms. The second kappa shape index (κ2) is 14.8. The molecular formula is C27H37N3O7. The average molecular weight is 516 g/mol. The third-order valence-corrected chi connectivity index (χ3v) is 5.99. The Balaban J connectivity index is 1.84. The van der Waals surface area contributed by atoms with Crippen LogP contribution in [0.5, 0.6) is 5.75 Å². The molecule has 0 saturated carbocycles. The molecule has 0 saturated heterocycles. The van der Waals surface area contributed by atoms with Crippen molar-refractivity contribution in [3.63, 3.8) is 0 Å². The summed E-state index contributed by atoms with van der Waals surface area (Å²) in [5.41, 5.74) is 5.84. The van der Waals surface area contributed by atoms with E-state index in [1.165, 1.54) is 24.1 Å². The Kier molecular flexibility index (Phi) is 11.8. The van der Waals surface area contributed by atoms with E-state index in [1.807, 2.05) is 0 Å². The van der Waals surface area contributed by atoms with Gasteiger partial charge in [0.1, 0.15) is 11.3 Å². The first-order valence-electron chi connectivity index (χ1n) is 12.7. The molecule has 10 nitrogen and oxygen atoms in total. The molecule has 0 fully saturated rings. The smallest absolute Gasteiger partial charge is 0.414 e. The molecule has 2 aromatic rings. The average Bonchev–Trinajstić information content (AvgIpc) is 2.82. The summed E-state index contributed by atoms with van der Waals surface area (Å²) >= 11 is 0. The predicted octanol–water partition coefficient (Wildman–Crippen LogP) is 3.60. The van der Waals surface area contributed by atoms with Crippen molar-refractivity contribution in [2.75, 3.05) is 13.6 Å². The van der Waals surface area contributed by atoms with Gasteiger partial charge in [-0.2, -0.15) is 0 Å². The number of nitrogens with zero attached hydrogens (tertiary/aromatic N) is 1. The highest BCUT2D eigenvalue weighted by Crippen LogP contribution is 2.22. The highest BCUT2D eigenvalue weighted by atomic mass is 16.6. The highest BCUT2D eigenvalue weighted by Gasteiger charge is 2.23. The summed E-state index contributed by atoms with van der Waals surface area (Å²) in [5, 5.41) is 3.37. The molecule has 2 rings (SSSR count). The van der Waals surface area contributed by atoms with Gasteiger partial charge in [0, 0.05) is 44.0 Å². The van der Waals surface area contributed by atoms with Gasteiger partial charge in [-0.3, -0.25) is 14.4 Å². The van der Waals surface area contributed by atoms with Crippen molar-refractivity contribution in [2.45, 2.75) is 77.7 Å². The Bertz CT molecular complexity index is 1160. The van der Waals surface area contributed by atoms with Crippen LogP contribution in [0.25, 0.3) is 11.0 Å². The molecular weight excluding hydrogens is 478 g/mol. The summed E-state index contributed by atoms with van der Waals surface area (Å²) in [6.07, 6.45) is 4.67. The number of nitrogens with one attached hydrogen (secondary N) is 1. The van der Waals surface area contributed by atoms with Gasteiger partial charge in [-0.25, -0.2) is 9.59 Å². The molecule has 0 aliphatic rings. The maximum Gasteiger partial charge on any atom is 0.414 e. The number of aryl methyl sites for hydroxylation is 1. The van der Waals surface area contributed by atoms with Crippen molar-refractivity contribution >= 4 is 34.7 Å². The zero-order chi connectivity index (χ0) is 27.4. The minimum Gasteiger partial charge on any atom is -0.423 e. The van der Waals surface area contributed by atoms with Crippen molar-refractivity contribution < 1.29 is 28.3 Å². The van der Waals surface area contributed by atoms with Crippen molar-refractivity contribution in [1.82, 2.24) is 10.2 Å². The molecule has 0 aliphatic heterocycles. The van der Waals surface area contributed by atoms with E-state index in [9.17, 15) is 24.0 Å². The van der Waals surface area contributed by atoms with E-state index >= 15 is 0 Å². The molecule has 3 amide bonds. The number of fused-ring (bicyclic) bond motifs is 1.